The van der Waals surface area contributed by atoms with Crippen molar-refractivity contribution in [1.82, 2.24) is 0 Å². The van der Waals surface area contributed by atoms with E-state index in [0.29, 0.717) is 6.04 Å². The SMILES string of the molecule is CCC(N)CCCOc1c(C)cc(C)cc1C. The van der Waals surface area contributed by atoms with Crippen LogP contribution in [0.15, 0.2) is 12.1 Å². The number of nitrogens with two attached hydrogens (primary N) is 1. The minimum atomic E-state index is 0.318. The van der Waals surface area contributed by atoms with E-state index in [0.717, 1.165) is 31.6 Å². The Kier molecular flexibility index (Phi) is 5.49. The summed E-state index contributed by atoms with van der Waals surface area (Å²) in [6.45, 7) is 9.21. The second kappa shape index (κ2) is 6.65. The summed E-state index contributed by atoms with van der Waals surface area (Å²) in [6.07, 6.45) is 3.12. The maximum absolute atomic E-state index is 5.88. The Morgan fingerprint density at radius 3 is 2.29 bits per heavy atom. The summed E-state index contributed by atoms with van der Waals surface area (Å²) in [7, 11) is 0. The van der Waals surface area contributed by atoms with Gasteiger partial charge in [0.2, 0.25) is 0 Å². The summed E-state index contributed by atoms with van der Waals surface area (Å²) in [5, 5.41) is 0. The molecule has 1 rings (SSSR count). The first-order valence-corrected chi connectivity index (χ1v) is 6.50. The highest BCUT2D eigenvalue weighted by atomic mass is 16.5. The van der Waals surface area contributed by atoms with Crippen LogP contribution < -0.4 is 10.5 Å². The van der Waals surface area contributed by atoms with Gasteiger partial charge in [-0.25, -0.2) is 0 Å². The van der Waals surface area contributed by atoms with Gasteiger partial charge in [-0.1, -0.05) is 24.6 Å². The summed E-state index contributed by atoms with van der Waals surface area (Å²) >= 11 is 0. The van der Waals surface area contributed by atoms with Gasteiger partial charge in [0.15, 0.2) is 0 Å². The zero-order valence-corrected chi connectivity index (χ0v) is 11.5. The predicted octanol–water partition coefficient (Wildman–Crippen LogP) is 3.51. The normalized spacial score (nSPS) is 12.5. The van der Waals surface area contributed by atoms with E-state index in [1.807, 2.05) is 0 Å². The molecule has 0 aromatic heterocycles. The van der Waals surface area contributed by atoms with E-state index >= 15 is 0 Å². The standard InChI is InChI=1S/C15H25NO/c1-5-14(16)7-6-8-17-15-12(3)9-11(2)10-13(15)4/h9-10,14H,5-8,16H2,1-4H3. The topological polar surface area (TPSA) is 35.2 Å². The lowest BCUT2D eigenvalue weighted by Crippen LogP contribution is -2.19. The molecule has 17 heavy (non-hydrogen) atoms. The Hall–Kier alpha value is -1.02. The number of hydrogen-bond acceptors (Lipinski definition) is 2. The second-order valence-corrected chi connectivity index (χ2v) is 4.89. The molecule has 0 aliphatic heterocycles. The fourth-order valence-electron chi connectivity index (χ4n) is 2.12. The Bertz CT molecular complexity index is 337. The Balaban J connectivity index is 2.47. The van der Waals surface area contributed by atoms with Crippen molar-refractivity contribution < 1.29 is 4.74 Å². The highest BCUT2D eigenvalue weighted by Gasteiger charge is 2.05. The van der Waals surface area contributed by atoms with Gasteiger partial charge in [-0.15, -0.1) is 0 Å². The first kappa shape index (κ1) is 14.0. The lowest BCUT2D eigenvalue weighted by atomic mass is 10.1. The van der Waals surface area contributed by atoms with Crippen molar-refractivity contribution in [2.24, 2.45) is 5.73 Å². The molecule has 1 aromatic carbocycles. The summed E-state index contributed by atoms with van der Waals surface area (Å²) < 4.78 is 5.86. The summed E-state index contributed by atoms with van der Waals surface area (Å²) in [5.74, 6) is 1.04. The van der Waals surface area contributed by atoms with Gasteiger partial charge in [0.1, 0.15) is 5.75 Å². The van der Waals surface area contributed by atoms with Crippen molar-refractivity contribution in [2.45, 2.75) is 53.0 Å². The average Bonchev–Trinajstić information content (AvgIpc) is 2.26. The fraction of sp³-hybridized carbons (Fsp3) is 0.600. The molecule has 0 saturated carbocycles. The summed E-state index contributed by atoms with van der Waals surface area (Å²) in [5.41, 5.74) is 9.62. The highest BCUT2D eigenvalue weighted by Crippen LogP contribution is 2.24. The van der Waals surface area contributed by atoms with Gasteiger partial charge in [0, 0.05) is 6.04 Å². The molecule has 1 unspecified atom stereocenters. The molecule has 1 aromatic rings. The number of aryl methyl sites for hydroxylation is 3. The summed E-state index contributed by atoms with van der Waals surface area (Å²) in [4.78, 5) is 0. The van der Waals surface area contributed by atoms with E-state index in [1.165, 1.54) is 16.7 Å². The molecule has 2 nitrogen and oxygen atoms in total. The number of rotatable bonds is 6. The first-order valence-electron chi connectivity index (χ1n) is 6.50. The number of ether oxygens (including phenoxy) is 1. The fourth-order valence-corrected chi connectivity index (χ4v) is 2.12. The van der Waals surface area contributed by atoms with Gasteiger partial charge in [-0.2, -0.15) is 0 Å². The molecular formula is C15H25NO. The molecule has 2 N–H and O–H groups in total. The van der Waals surface area contributed by atoms with Crippen molar-refractivity contribution in [3.8, 4) is 5.75 Å². The molecule has 0 amide bonds. The Morgan fingerprint density at radius 1 is 1.18 bits per heavy atom. The molecule has 2 heteroatoms. The molecule has 0 bridgehead atoms. The van der Waals surface area contributed by atoms with Crippen LogP contribution in [0.25, 0.3) is 0 Å². The van der Waals surface area contributed by atoms with E-state index in [9.17, 15) is 0 Å². The van der Waals surface area contributed by atoms with E-state index in [1.54, 1.807) is 0 Å². The van der Waals surface area contributed by atoms with Gasteiger partial charge in [-0.05, 0) is 51.2 Å². The van der Waals surface area contributed by atoms with Gasteiger partial charge in [0.25, 0.3) is 0 Å². The minimum absolute atomic E-state index is 0.318. The van der Waals surface area contributed by atoms with Gasteiger partial charge in [-0.3, -0.25) is 0 Å². The zero-order chi connectivity index (χ0) is 12.8. The third-order valence-corrected chi connectivity index (χ3v) is 3.09. The molecule has 1 atom stereocenters. The molecule has 0 radical (unpaired) electrons. The van der Waals surface area contributed by atoms with Crippen LogP contribution in [0.3, 0.4) is 0 Å². The maximum atomic E-state index is 5.88. The smallest absolute Gasteiger partial charge is 0.125 e. The largest absolute Gasteiger partial charge is 0.493 e. The van der Waals surface area contributed by atoms with Gasteiger partial charge < -0.3 is 10.5 Å². The lowest BCUT2D eigenvalue weighted by molar-refractivity contribution is 0.297. The van der Waals surface area contributed by atoms with Crippen LogP contribution in [0.1, 0.15) is 42.9 Å². The van der Waals surface area contributed by atoms with Crippen molar-refractivity contribution in [1.29, 1.82) is 0 Å². The van der Waals surface area contributed by atoms with Gasteiger partial charge >= 0.3 is 0 Å². The molecular weight excluding hydrogens is 210 g/mol. The van der Waals surface area contributed by atoms with E-state index in [-0.39, 0.29) is 0 Å². The minimum Gasteiger partial charge on any atom is -0.493 e. The van der Waals surface area contributed by atoms with Crippen molar-refractivity contribution in [3.05, 3.63) is 28.8 Å². The highest BCUT2D eigenvalue weighted by molar-refractivity contribution is 5.42. The van der Waals surface area contributed by atoms with Crippen LogP contribution in [0.5, 0.6) is 5.75 Å². The zero-order valence-electron chi connectivity index (χ0n) is 11.5. The second-order valence-electron chi connectivity index (χ2n) is 4.89. The molecule has 0 aliphatic carbocycles. The Morgan fingerprint density at radius 2 is 1.76 bits per heavy atom. The first-order chi connectivity index (χ1) is 8.04. The van der Waals surface area contributed by atoms with Crippen LogP contribution in [-0.4, -0.2) is 12.6 Å². The van der Waals surface area contributed by atoms with Crippen molar-refractivity contribution >= 4 is 0 Å². The summed E-state index contributed by atoms with van der Waals surface area (Å²) in [6, 6.07) is 4.65. The molecule has 0 spiro atoms. The molecule has 0 heterocycles. The predicted molar refractivity (Wildman–Crippen MR) is 73.6 cm³/mol. The van der Waals surface area contributed by atoms with Crippen LogP contribution in [0.2, 0.25) is 0 Å². The van der Waals surface area contributed by atoms with Gasteiger partial charge in [0.05, 0.1) is 6.61 Å². The van der Waals surface area contributed by atoms with E-state index in [4.69, 9.17) is 10.5 Å². The van der Waals surface area contributed by atoms with E-state index in [2.05, 4.69) is 39.8 Å². The van der Waals surface area contributed by atoms with Crippen LogP contribution in [-0.2, 0) is 0 Å². The van der Waals surface area contributed by atoms with Crippen LogP contribution >= 0.6 is 0 Å². The molecule has 0 fully saturated rings. The quantitative estimate of drug-likeness (QED) is 0.766. The van der Waals surface area contributed by atoms with E-state index < -0.39 is 0 Å². The van der Waals surface area contributed by atoms with Crippen LogP contribution in [0, 0.1) is 20.8 Å². The molecule has 96 valence electrons. The third kappa shape index (κ3) is 4.39. The third-order valence-electron chi connectivity index (χ3n) is 3.09. The molecule has 0 aliphatic rings. The Labute approximate surface area is 105 Å². The van der Waals surface area contributed by atoms with Crippen LogP contribution in [0.4, 0.5) is 0 Å². The van der Waals surface area contributed by atoms with Crippen molar-refractivity contribution in [2.75, 3.05) is 6.61 Å². The average molecular weight is 235 g/mol. The maximum Gasteiger partial charge on any atom is 0.125 e. The number of benzene rings is 1. The molecule has 0 saturated heterocycles. The monoisotopic (exact) mass is 235 g/mol. The number of hydrogen-bond donors (Lipinski definition) is 1. The lowest BCUT2D eigenvalue weighted by Gasteiger charge is -2.14. The van der Waals surface area contributed by atoms with Crippen molar-refractivity contribution in [3.63, 3.8) is 0 Å².